The van der Waals surface area contributed by atoms with Gasteiger partial charge in [-0.2, -0.15) is 4.98 Å². The third-order valence-electron chi connectivity index (χ3n) is 4.51. The smallest absolute Gasteiger partial charge is 0.406 e. The SMILES string of the molecule is CC(=O)Nc1nc2cnc(Nc3cc(NC(=O)c4cccc(OC(F)(F)F)c4)ccc3C)nc2s1. The number of hydrogen-bond acceptors (Lipinski definition) is 8. The zero-order valence-electron chi connectivity index (χ0n) is 18.2. The predicted octanol–water partition coefficient (Wildman–Crippen LogP) is 5.25. The minimum absolute atomic E-state index is 0.00390. The van der Waals surface area contributed by atoms with Crippen molar-refractivity contribution in [1.82, 2.24) is 15.0 Å². The Bertz CT molecular complexity index is 1420. The minimum atomic E-state index is -4.86. The van der Waals surface area contributed by atoms with Crippen molar-refractivity contribution in [2.45, 2.75) is 20.2 Å². The number of hydrogen-bond donors (Lipinski definition) is 3. The molecule has 2 heterocycles. The summed E-state index contributed by atoms with van der Waals surface area (Å²) >= 11 is 1.20. The molecule has 0 fully saturated rings. The van der Waals surface area contributed by atoms with Crippen LogP contribution in [0.2, 0.25) is 0 Å². The number of halogens is 3. The van der Waals surface area contributed by atoms with E-state index < -0.39 is 18.0 Å². The van der Waals surface area contributed by atoms with Crippen LogP contribution < -0.4 is 20.7 Å². The van der Waals surface area contributed by atoms with Gasteiger partial charge in [0, 0.05) is 23.9 Å². The Balaban J connectivity index is 1.51. The van der Waals surface area contributed by atoms with E-state index in [0.29, 0.717) is 26.9 Å². The molecule has 0 aliphatic rings. The van der Waals surface area contributed by atoms with Crippen molar-refractivity contribution in [2.24, 2.45) is 0 Å². The van der Waals surface area contributed by atoms with Gasteiger partial charge in [0.2, 0.25) is 11.9 Å². The first kappa shape index (κ1) is 23.9. The van der Waals surface area contributed by atoms with E-state index >= 15 is 0 Å². The second-order valence-electron chi connectivity index (χ2n) is 7.27. The molecule has 180 valence electrons. The Hall–Kier alpha value is -4.26. The summed E-state index contributed by atoms with van der Waals surface area (Å²) in [6, 6.07) is 9.83. The van der Waals surface area contributed by atoms with E-state index in [1.165, 1.54) is 36.6 Å². The maximum atomic E-state index is 12.6. The Kier molecular flexibility index (Phi) is 6.51. The number of benzene rings is 2. The molecular formula is C22H17F3N6O3S. The third-order valence-corrected chi connectivity index (χ3v) is 5.39. The van der Waals surface area contributed by atoms with Crippen LogP contribution in [0.3, 0.4) is 0 Å². The Morgan fingerprint density at radius 3 is 2.60 bits per heavy atom. The van der Waals surface area contributed by atoms with E-state index in [1.54, 1.807) is 18.2 Å². The van der Waals surface area contributed by atoms with E-state index in [0.717, 1.165) is 17.7 Å². The summed E-state index contributed by atoms with van der Waals surface area (Å²) in [5, 5.41) is 8.73. The average Bonchev–Trinajstić information content (AvgIpc) is 3.16. The van der Waals surface area contributed by atoms with Crippen LogP contribution in [-0.4, -0.2) is 33.1 Å². The van der Waals surface area contributed by atoms with Crippen LogP contribution in [0.25, 0.3) is 10.3 Å². The van der Waals surface area contributed by atoms with Crippen LogP contribution in [0.15, 0.2) is 48.7 Å². The van der Waals surface area contributed by atoms with Crippen molar-refractivity contribution < 1.29 is 27.5 Å². The fourth-order valence-corrected chi connectivity index (χ4v) is 3.85. The number of alkyl halides is 3. The van der Waals surface area contributed by atoms with Crippen molar-refractivity contribution in [3.8, 4) is 5.75 Å². The van der Waals surface area contributed by atoms with Gasteiger partial charge in [0.25, 0.3) is 5.91 Å². The molecule has 9 nitrogen and oxygen atoms in total. The van der Waals surface area contributed by atoms with E-state index in [-0.39, 0.29) is 17.4 Å². The Morgan fingerprint density at radius 1 is 1.06 bits per heavy atom. The van der Waals surface area contributed by atoms with Crippen LogP contribution in [0.5, 0.6) is 5.75 Å². The number of amides is 2. The number of carbonyl (C=O) groups excluding carboxylic acids is 2. The minimum Gasteiger partial charge on any atom is -0.406 e. The molecule has 2 aromatic heterocycles. The first-order valence-electron chi connectivity index (χ1n) is 10.0. The fraction of sp³-hybridized carbons (Fsp3) is 0.136. The molecule has 0 aliphatic heterocycles. The lowest BCUT2D eigenvalue weighted by Crippen LogP contribution is -2.18. The second-order valence-corrected chi connectivity index (χ2v) is 8.25. The number of nitrogens with zero attached hydrogens (tertiary/aromatic N) is 3. The average molecular weight is 502 g/mol. The van der Waals surface area contributed by atoms with Crippen molar-refractivity contribution >= 4 is 56.0 Å². The number of fused-ring (bicyclic) bond motifs is 1. The van der Waals surface area contributed by atoms with Crippen LogP contribution >= 0.6 is 11.3 Å². The van der Waals surface area contributed by atoms with Gasteiger partial charge in [0.15, 0.2) is 9.96 Å². The van der Waals surface area contributed by atoms with Gasteiger partial charge in [-0.15, -0.1) is 13.2 Å². The molecule has 35 heavy (non-hydrogen) atoms. The molecule has 4 aromatic rings. The number of ether oxygens (including phenoxy) is 1. The molecule has 13 heteroatoms. The van der Waals surface area contributed by atoms with E-state index in [9.17, 15) is 22.8 Å². The zero-order valence-corrected chi connectivity index (χ0v) is 19.0. The summed E-state index contributed by atoms with van der Waals surface area (Å²) in [7, 11) is 0. The number of rotatable bonds is 6. The quantitative estimate of drug-likeness (QED) is 0.330. The number of aromatic nitrogens is 3. The zero-order chi connectivity index (χ0) is 25.2. The van der Waals surface area contributed by atoms with Crippen molar-refractivity contribution in [3.63, 3.8) is 0 Å². The standard InChI is InChI=1S/C22H17F3N6O3S/c1-11-6-7-14(28-18(33)13-4-3-5-15(8-13)34-22(23,24)25)9-16(11)29-20-26-10-17-19(31-20)35-21(30-17)27-12(2)32/h3-10H,1-2H3,(H,28,33)(H,26,29,31)(H,27,30,32). The first-order valence-corrected chi connectivity index (χ1v) is 10.8. The van der Waals surface area contributed by atoms with Gasteiger partial charge >= 0.3 is 6.36 Å². The van der Waals surface area contributed by atoms with Gasteiger partial charge in [-0.05, 0) is 42.8 Å². The number of carbonyl (C=O) groups is 2. The lowest BCUT2D eigenvalue weighted by molar-refractivity contribution is -0.274. The molecule has 0 aliphatic carbocycles. The lowest BCUT2D eigenvalue weighted by Gasteiger charge is -2.12. The normalized spacial score (nSPS) is 11.2. The Labute approximate surface area is 200 Å². The summed E-state index contributed by atoms with van der Waals surface area (Å²) < 4.78 is 41.2. The van der Waals surface area contributed by atoms with E-state index in [1.807, 2.05) is 6.92 Å². The van der Waals surface area contributed by atoms with Gasteiger partial charge in [-0.1, -0.05) is 23.5 Å². The molecule has 0 unspecified atom stereocenters. The monoisotopic (exact) mass is 502 g/mol. The number of thiazole rings is 1. The van der Waals surface area contributed by atoms with Crippen LogP contribution in [-0.2, 0) is 4.79 Å². The molecule has 0 spiro atoms. The second kappa shape index (κ2) is 9.54. The molecule has 0 saturated heterocycles. The third kappa shape index (κ3) is 6.20. The largest absolute Gasteiger partial charge is 0.573 e. The van der Waals surface area contributed by atoms with Gasteiger partial charge in [-0.25, -0.2) is 9.97 Å². The highest BCUT2D eigenvalue weighted by Gasteiger charge is 2.31. The lowest BCUT2D eigenvalue weighted by atomic mass is 10.1. The van der Waals surface area contributed by atoms with Crippen molar-refractivity contribution in [2.75, 3.05) is 16.0 Å². The van der Waals surface area contributed by atoms with Crippen molar-refractivity contribution in [1.29, 1.82) is 0 Å². The summed E-state index contributed by atoms with van der Waals surface area (Å²) in [5.74, 6) is -1.07. The van der Waals surface area contributed by atoms with E-state index in [4.69, 9.17) is 0 Å². The predicted molar refractivity (Wildman–Crippen MR) is 125 cm³/mol. The number of nitrogens with one attached hydrogen (secondary N) is 3. The molecule has 2 amide bonds. The van der Waals surface area contributed by atoms with Gasteiger partial charge < -0.3 is 20.7 Å². The molecule has 0 atom stereocenters. The van der Waals surface area contributed by atoms with Crippen LogP contribution in [0.4, 0.5) is 35.6 Å². The van der Waals surface area contributed by atoms with Gasteiger partial charge in [0.1, 0.15) is 11.3 Å². The molecule has 0 saturated carbocycles. The molecular weight excluding hydrogens is 485 g/mol. The highest BCUT2D eigenvalue weighted by atomic mass is 32.1. The number of aryl methyl sites for hydroxylation is 1. The van der Waals surface area contributed by atoms with Crippen molar-refractivity contribution in [3.05, 3.63) is 59.8 Å². The first-order chi connectivity index (χ1) is 16.6. The topological polar surface area (TPSA) is 118 Å². The fourth-order valence-electron chi connectivity index (χ4n) is 2.99. The molecule has 4 rings (SSSR count). The number of anilines is 4. The summed E-state index contributed by atoms with van der Waals surface area (Å²) in [6.45, 7) is 3.22. The van der Waals surface area contributed by atoms with E-state index in [2.05, 4.69) is 35.6 Å². The van der Waals surface area contributed by atoms with Gasteiger partial charge in [0.05, 0.1) is 6.20 Å². The highest BCUT2D eigenvalue weighted by molar-refractivity contribution is 7.21. The summed E-state index contributed by atoms with van der Waals surface area (Å²) in [4.78, 5) is 37.2. The molecule has 2 aromatic carbocycles. The molecule has 0 radical (unpaired) electrons. The summed E-state index contributed by atoms with van der Waals surface area (Å²) in [6.07, 6.45) is -3.34. The summed E-state index contributed by atoms with van der Waals surface area (Å²) in [5.41, 5.74) is 2.35. The Morgan fingerprint density at radius 2 is 1.86 bits per heavy atom. The molecule has 3 N–H and O–H groups in total. The van der Waals surface area contributed by atoms with Crippen LogP contribution in [0, 0.1) is 6.92 Å². The maximum absolute atomic E-state index is 12.6. The molecule has 0 bridgehead atoms. The highest BCUT2D eigenvalue weighted by Crippen LogP contribution is 2.28. The van der Waals surface area contributed by atoms with Crippen LogP contribution in [0.1, 0.15) is 22.8 Å². The van der Waals surface area contributed by atoms with Gasteiger partial charge in [-0.3, -0.25) is 9.59 Å². The maximum Gasteiger partial charge on any atom is 0.573 e.